The number of aryl methyl sites for hydroxylation is 2. The Morgan fingerprint density at radius 2 is 2.00 bits per heavy atom. The van der Waals surface area contributed by atoms with E-state index in [1.54, 1.807) is 0 Å². The average Bonchev–Trinajstić information content (AvgIpc) is 2.53. The molecule has 0 atom stereocenters. The molecular formula is C10H11KS. The summed E-state index contributed by atoms with van der Waals surface area (Å²) in [5.74, 6) is 0. The summed E-state index contributed by atoms with van der Waals surface area (Å²) in [5, 5.41) is 3.62. The first-order chi connectivity index (χ1) is 5.22. The Morgan fingerprint density at radius 3 is 2.58 bits per heavy atom. The zero-order valence-electron chi connectivity index (χ0n) is 8.06. The monoisotopic (exact) mass is 202 g/mol. The summed E-state index contributed by atoms with van der Waals surface area (Å²) in [6, 6.07) is 2.22. The zero-order chi connectivity index (χ0) is 8.01. The molecule has 0 spiro atoms. The predicted octanol–water partition coefficient (Wildman–Crippen LogP) is 0.549. The van der Waals surface area contributed by atoms with Crippen molar-refractivity contribution in [1.82, 2.24) is 0 Å². The van der Waals surface area contributed by atoms with Gasteiger partial charge in [-0.2, -0.15) is 27.8 Å². The van der Waals surface area contributed by atoms with E-state index >= 15 is 0 Å². The average molecular weight is 202 g/mol. The number of thiophene rings is 1. The molecule has 0 radical (unpaired) electrons. The largest absolute Gasteiger partial charge is 1.00 e. The van der Waals surface area contributed by atoms with Gasteiger partial charge in [0.2, 0.25) is 0 Å². The van der Waals surface area contributed by atoms with Crippen LogP contribution in [0.4, 0.5) is 0 Å². The van der Waals surface area contributed by atoms with Crippen molar-refractivity contribution in [2.24, 2.45) is 0 Å². The molecular weight excluding hydrogens is 191 g/mol. The van der Waals surface area contributed by atoms with Crippen molar-refractivity contribution in [3.05, 3.63) is 28.1 Å². The van der Waals surface area contributed by atoms with Crippen LogP contribution in [0.25, 0.3) is 10.1 Å². The Morgan fingerprint density at radius 1 is 1.33 bits per heavy atom. The molecule has 0 saturated heterocycles. The SMILES string of the molecule is Cc1c(C)[c-](C)c2sccc12.[K+]. The molecule has 0 amide bonds. The second-order valence-electron chi connectivity index (χ2n) is 3.04. The van der Waals surface area contributed by atoms with Crippen LogP contribution < -0.4 is 51.4 Å². The van der Waals surface area contributed by atoms with E-state index in [0.717, 1.165) is 0 Å². The fourth-order valence-corrected chi connectivity index (χ4v) is 2.57. The van der Waals surface area contributed by atoms with Crippen LogP contribution in [-0.2, 0) is 0 Å². The maximum absolute atomic E-state index is 2.22. The molecule has 2 rings (SSSR count). The molecule has 1 heterocycles. The molecule has 0 unspecified atom stereocenters. The molecule has 58 valence electrons. The third-order valence-electron chi connectivity index (χ3n) is 2.53. The van der Waals surface area contributed by atoms with E-state index in [1.165, 1.54) is 26.8 Å². The molecule has 1 aromatic heterocycles. The molecule has 0 aliphatic heterocycles. The Labute approximate surface area is 120 Å². The smallest absolute Gasteiger partial charge is 0.190 e. The van der Waals surface area contributed by atoms with Crippen molar-refractivity contribution in [1.29, 1.82) is 0 Å². The van der Waals surface area contributed by atoms with Gasteiger partial charge >= 0.3 is 51.4 Å². The van der Waals surface area contributed by atoms with Gasteiger partial charge < -0.3 is 0 Å². The number of hydrogen-bond donors (Lipinski definition) is 0. The Kier molecular flexibility index (Phi) is 3.66. The molecule has 0 nitrogen and oxygen atoms in total. The van der Waals surface area contributed by atoms with Crippen LogP contribution in [0, 0.1) is 20.8 Å². The first-order valence-electron chi connectivity index (χ1n) is 3.81. The Balaban J connectivity index is 0.000000720. The van der Waals surface area contributed by atoms with Gasteiger partial charge in [-0.15, -0.1) is 11.6 Å². The van der Waals surface area contributed by atoms with Crippen molar-refractivity contribution in [3.8, 4) is 0 Å². The van der Waals surface area contributed by atoms with Crippen LogP contribution in [0.2, 0.25) is 0 Å². The van der Waals surface area contributed by atoms with Crippen LogP contribution >= 0.6 is 11.3 Å². The van der Waals surface area contributed by atoms with Crippen molar-refractivity contribution in [3.63, 3.8) is 0 Å². The van der Waals surface area contributed by atoms with Gasteiger partial charge in [0, 0.05) is 0 Å². The van der Waals surface area contributed by atoms with E-state index in [9.17, 15) is 0 Å². The predicted molar refractivity (Wildman–Crippen MR) is 51.6 cm³/mol. The third-order valence-corrected chi connectivity index (χ3v) is 3.57. The minimum Gasteiger partial charge on any atom is -0.190 e. The molecule has 0 aliphatic rings. The second kappa shape index (κ2) is 3.99. The molecule has 0 bridgehead atoms. The number of hydrogen-bond acceptors (Lipinski definition) is 1. The maximum atomic E-state index is 2.22. The molecule has 2 heteroatoms. The van der Waals surface area contributed by atoms with Gasteiger partial charge in [-0.25, -0.2) is 0 Å². The van der Waals surface area contributed by atoms with Crippen molar-refractivity contribution in [2.45, 2.75) is 20.8 Å². The van der Waals surface area contributed by atoms with E-state index in [1.807, 2.05) is 11.3 Å². The Hall–Kier alpha value is 0.946. The summed E-state index contributed by atoms with van der Waals surface area (Å²) < 4.78 is 1.47. The van der Waals surface area contributed by atoms with Crippen molar-refractivity contribution < 1.29 is 51.4 Å². The summed E-state index contributed by atoms with van der Waals surface area (Å²) in [5.41, 5.74) is 4.39. The van der Waals surface area contributed by atoms with Crippen LogP contribution in [0.5, 0.6) is 0 Å². The topological polar surface area (TPSA) is 0 Å². The summed E-state index contributed by atoms with van der Waals surface area (Å²) in [6.07, 6.45) is 0. The number of fused-ring (bicyclic) bond motifs is 1. The van der Waals surface area contributed by atoms with Gasteiger partial charge in [0.05, 0.1) is 0 Å². The van der Waals surface area contributed by atoms with E-state index in [2.05, 4.69) is 32.2 Å². The molecule has 12 heavy (non-hydrogen) atoms. The first-order valence-corrected chi connectivity index (χ1v) is 4.69. The maximum Gasteiger partial charge on any atom is 1.00 e. The molecule has 1 aromatic carbocycles. The summed E-state index contributed by atoms with van der Waals surface area (Å²) in [6.45, 7) is 6.62. The van der Waals surface area contributed by atoms with E-state index in [4.69, 9.17) is 0 Å². The fourth-order valence-electron chi connectivity index (χ4n) is 1.55. The summed E-state index contributed by atoms with van der Waals surface area (Å²) in [7, 11) is 0. The Bertz CT molecular complexity index is 361. The minimum absolute atomic E-state index is 0. The normalized spacial score (nSPS) is 10.2. The van der Waals surface area contributed by atoms with Crippen LogP contribution in [-0.4, -0.2) is 0 Å². The van der Waals surface area contributed by atoms with Crippen LogP contribution in [0.3, 0.4) is 0 Å². The van der Waals surface area contributed by atoms with E-state index in [-0.39, 0.29) is 51.4 Å². The van der Waals surface area contributed by atoms with Gasteiger partial charge in [0.15, 0.2) is 0 Å². The van der Waals surface area contributed by atoms with Gasteiger partial charge in [-0.3, -0.25) is 0 Å². The summed E-state index contributed by atoms with van der Waals surface area (Å²) in [4.78, 5) is 0. The number of rotatable bonds is 0. The van der Waals surface area contributed by atoms with E-state index in [0.29, 0.717) is 0 Å². The van der Waals surface area contributed by atoms with Gasteiger partial charge in [0.25, 0.3) is 0 Å². The quantitative estimate of drug-likeness (QED) is 0.432. The van der Waals surface area contributed by atoms with E-state index < -0.39 is 0 Å². The van der Waals surface area contributed by atoms with Crippen molar-refractivity contribution in [2.75, 3.05) is 0 Å². The van der Waals surface area contributed by atoms with Crippen LogP contribution in [0.15, 0.2) is 11.4 Å². The standard InChI is InChI=1S/C10H11S.K/c1-6-7(2)9-4-5-11-10(9)8(6)3;/h4-5H,1-3H3;/q-1;+1. The molecule has 0 aliphatic carbocycles. The van der Waals surface area contributed by atoms with Gasteiger partial charge in [-0.1, -0.05) is 25.5 Å². The summed E-state index contributed by atoms with van der Waals surface area (Å²) >= 11 is 1.85. The van der Waals surface area contributed by atoms with Crippen molar-refractivity contribution >= 4 is 21.4 Å². The van der Waals surface area contributed by atoms with Gasteiger partial charge in [0.1, 0.15) is 0 Å². The molecule has 0 fully saturated rings. The van der Waals surface area contributed by atoms with Gasteiger partial charge in [-0.05, 0) is 5.38 Å². The third kappa shape index (κ3) is 1.49. The van der Waals surface area contributed by atoms with Crippen LogP contribution in [0.1, 0.15) is 16.7 Å². The first kappa shape index (κ1) is 11.0. The minimum atomic E-state index is 0. The second-order valence-corrected chi connectivity index (χ2v) is 3.95. The molecule has 0 saturated carbocycles. The zero-order valence-corrected chi connectivity index (χ0v) is 12.0. The molecule has 2 aromatic rings. The fraction of sp³-hybridized carbons (Fsp3) is 0.300. The molecule has 0 N–H and O–H groups in total.